The molecule has 0 fully saturated rings. The Hall–Kier alpha value is -2.35. The summed E-state index contributed by atoms with van der Waals surface area (Å²) in [5.74, 6) is -0.229. The molecule has 0 saturated carbocycles. The number of ether oxygens (including phenoxy) is 1. The van der Waals surface area contributed by atoms with Crippen molar-refractivity contribution < 1.29 is 14.3 Å². The van der Waals surface area contributed by atoms with Crippen molar-refractivity contribution >= 4 is 52.3 Å². The Balaban J connectivity index is 1.77. The van der Waals surface area contributed by atoms with Crippen LogP contribution in [-0.2, 0) is 0 Å². The molecule has 2 amide bonds. The molecular formula is C21H23Cl2N3O3S. The summed E-state index contributed by atoms with van der Waals surface area (Å²) < 4.78 is 5.65. The normalized spacial score (nSPS) is 10.2. The predicted octanol–water partition coefficient (Wildman–Crippen LogP) is 4.90. The first-order valence-corrected chi connectivity index (χ1v) is 10.7. The summed E-state index contributed by atoms with van der Waals surface area (Å²) in [4.78, 5) is 24.4. The van der Waals surface area contributed by atoms with Crippen LogP contribution in [0.4, 0.5) is 0 Å². The molecule has 0 saturated heterocycles. The number of nitrogens with one attached hydrogen (secondary N) is 3. The molecule has 0 aliphatic rings. The first kappa shape index (κ1) is 23.9. The third-order valence-corrected chi connectivity index (χ3v) is 4.83. The summed E-state index contributed by atoms with van der Waals surface area (Å²) in [5, 5.41) is 2.96. The van der Waals surface area contributed by atoms with E-state index in [1.807, 2.05) is 0 Å². The third kappa shape index (κ3) is 7.82. The number of hydrogen-bond acceptors (Lipinski definition) is 4. The van der Waals surface area contributed by atoms with Crippen LogP contribution in [0.25, 0.3) is 0 Å². The number of amides is 2. The van der Waals surface area contributed by atoms with Gasteiger partial charge in [-0.25, -0.2) is 0 Å². The fraction of sp³-hybridized carbons (Fsp3) is 0.286. The number of hydrazine groups is 1. The van der Waals surface area contributed by atoms with E-state index in [1.165, 1.54) is 25.0 Å². The van der Waals surface area contributed by atoms with Gasteiger partial charge in [0.05, 0.1) is 17.2 Å². The standard InChI is InChI=1S/C21H23Cl2N3O3S/c1-2-3-4-5-12-29-16-9-6-14(7-10-16)19(27)25-26-21(30)24-20(28)17-11-8-15(22)13-18(17)23/h6-11,13H,2-5,12H2,1H3,(H,25,27)(H2,24,26,28,30). The Morgan fingerprint density at radius 2 is 1.70 bits per heavy atom. The number of halogens is 2. The van der Waals surface area contributed by atoms with Crippen LogP contribution in [0.2, 0.25) is 10.0 Å². The highest BCUT2D eigenvalue weighted by Gasteiger charge is 2.13. The van der Waals surface area contributed by atoms with Gasteiger partial charge in [0.1, 0.15) is 5.75 Å². The lowest BCUT2D eigenvalue weighted by molar-refractivity contribution is 0.0934. The molecule has 2 aromatic carbocycles. The van der Waals surface area contributed by atoms with Crippen molar-refractivity contribution in [1.82, 2.24) is 16.2 Å². The Morgan fingerprint density at radius 3 is 2.37 bits per heavy atom. The van der Waals surface area contributed by atoms with Gasteiger partial charge < -0.3 is 4.74 Å². The highest BCUT2D eigenvalue weighted by Crippen LogP contribution is 2.20. The monoisotopic (exact) mass is 467 g/mol. The maximum atomic E-state index is 12.2. The highest BCUT2D eigenvalue weighted by atomic mass is 35.5. The van der Waals surface area contributed by atoms with Crippen LogP contribution in [0.15, 0.2) is 42.5 Å². The van der Waals surface area contributed by atoms with E-state index in [-0.39, 0.29) is 15.7 Å². The summed E-state index contributed by atoms with van der Waals surface area (Å²) in [7, 11) is 0. The van der Waals surface area contributed by atoms with Crippen LogP contribution in [0.3, 0.4) is 0 Å². The van der Waals surface area contributed by atoms with Crippen molar-refractivity contribution in [2.75, 3.05) is 6.61 Å². The van der Waals surface area contributed by atoms with E-state index in [2.05, 4.69) is 23.1 Å². The number of rotatable bonds is 8. The van der Waals surface area contributed by atoms with Crippen molar-refractivity contribution in [3.05, 3.63) is 63.6 Å². The average molecular weight is 468 g/mol. The topological polar surface area (TPSA) is 79.5 Å². The van der Waals surface area contributed by atoms with Gasteiger partial charge in [-0.05, 0) is 61.1 Å². The van der Waals surface area contributed by atoms with E-state index in [9.17, 15) is 9.59 Å². The molecule has 0 radical (unpaired) electrons. The van der Waals surface area contributed by atoms with Gasteiger partial charge in [-0.1, -0.05) is 49.4 Å². The maximum Gasteiger partial charge on any atom is 0.269 e. The number of hydrogen-bond donors (Lipinski definition) is 3. The minimum atomic E-state index is -0.524. The van der Waals surface area contributed by atoms with Crippen molar-refractivity contribution in [3.63, 3.8) is 0 Å². The zero-order chi connectivity index (χ0) is 21.9. The second kappa shape index (κ2) is 12.4. The molecule has 2 rings (SSSR count). The summed E-state index contributed by atoms with van der Waals surface area (Å²) in [5.41, 5.74) is 5.53. The van der Waals surface area contributed by atoms with Crippen molar-refractivity contribution in [3.8, 4) is 5.75 Å². The molecule has 2 aromatic rings. The molecule has 30 heavy (non-hydrogen) atoms. The fourth-order valence-corrected chi connectivity index (χ4v) is 3.12. The van der Waals surface area contributed by atoms with Gasteiger partial charge in [0.2, 0.25) is 0 Å². The van der Waals surface area contributed by atoms with Gasteiger partial charge in [0, 0.05) is 10.6 Å². The van der Waals surface area contributed by atoms with E-state index in [0.717, 1.165) is 12.8 Å². The first-order valence-electron chi connectivity index (χ1n) is 9.50. The van der Waals surface area contributed by atoms with E-state index in [1.54, 1.807) is 30.3 Å². The quantitative estimate of drug-likeness (QED) is 0.292. The molecule has 9 heteroatoms. The number of benzene rings is 2. The maximum absolute atomic E-state index is 12.2. The lowest BCUT2D eigenvalue weighted by atomic mass is 10.2. The second-order valence-corrected chi connectivity index (χ2v) is 7.67. The Morgan fingerprint density at radius 1 is 0.967 bits per heavy atom. The van der Waals surface area contributed by atoms with Gasteiger partial charge in [0.25, 0.3) is 11.8 Å². The molecule has 3 N–H and O–H groups in total. The summed E-state index contributed by atoms with van der Waals surface area (Å²) in [6, 6.07) is 11.2. The molecule has 0 aliphatic carbocycles. The Labute approximate surface area is 191 Å². The van der Waals surface area contributed by atoms with E-state index in [4.69, 9.17) is 40.2 Å². The Bertz CT molecular complexity index is 892. The van der Waals surface area contributed by atoms with Crippen LogP contribution in [0.1, 0.15) is 53.3 Å². The van der Waals surface area contributed by atoms with Crippen LogP contribution < -0.4 is 20.9 Å². The largest absolute Gasteiger partial charge is 0.494 e. The van der Waals surface area contributed by atoms with Gasteiger partial charge >= 0.3 is 0 Å². The molecular weight excluding hydrogens is 445 g/mol. The second-order valence-electron chi connectivity index (χ2n) is 6.42. The van der Waals surface area contributed by atoms with Gasteiger partial charge in [-0.3, -0.25) is 25.8 Å². The molecule has 0 spiro atoms. The van der Waals surface area contributed by atoms with Crippen molar-refractivity contribution in [2.45, 2.75) is 32.6 Å². The molecule has 6 nitrogen and oxygen atoms in total. The molecule has 0 unspecified atom stereocenters. The minimum absolute atomic E-state index is 0.0774. The molecule has 0 aliphatic heterocycles. The zero-order valence-corrected chi connectivity index (χ0v) is 18.8. The average Bonchev–Trinajstić information content (AvgIpc) is 2.72. The van der Waals surface area contributed by atoms with Crippen LogP contribution in [0, 0.1) is 0 Å². The molecule has 0 aromatic heterocycles. The predicted molar refractivity (Wildman–Crippen MR) is 123 cm³/mol. The SMILES string of the molecule is CCCCCCOc1ccc(C(=O)NNC(=S)NC(=O)c2ccc(Cl)cc2Cl)cc1. The zero-order valence-electron chi connectivity index (χ0n) is 16.5. The molecule has 0 atom stereocenters. The van der Waals surface area contributed by atoms with Gasteiger partial charge in [0.15, 0.2) is 5.11 Å². The van der Waals surface area contributed by atoms with Gasteiger partial charge in [-0.15, -0.1) is 0 Å². The van der Waals surface area contributed by atoms with Gasteiger partial charge in [-0.2, -0.15) is 0 Å². The molecule has 160 valence electrons. The van der Waals surface area contributed by atoms with Crippen LogP contribution in [-0.4, -0.2) is 23.5 Å². The number of carbonyl (C=O) groups excluding carboxylic acids is 2. The summed E-state index contributed by atoms with van der Waals surface area (Å²) >= 11 is 16.8. The fourth-order valence-electron chi connectivity index (χ4n) is 2.48. The lowest BCUT2D eigenvalue weighted by Gasteiger charge is -2.12. The smallest absolute Gasteiger partial charge is 0.269 e. The molecule has 0 bridgehead atoms. The number of carbonyl (C=O) groups is 2. The van der Waals surface area contributed by atoms with E-state index < -0.39 is 11.8 Å². The first-order chi connectivity index (χ1) is 14.4. The highest BCUT2D eigenvalue weighted by molar-refractivity contribution is 7.80. The summed E-state index contributed by atoms with van der Waals surface area (Å²) in [6.45, 7) is 2.81. The summed E-state index contributed by atoms with van der Waals surface area (Å²) in [6.07, 6.45) is 4.53. The van der Waals surface area contributed by atoms with Crippen molar-refractivity contribution in [1.29, 1.82) is 0 Å². The number of thiocarbonyl (C=S) groups is 1. The van der Waals surface area contributed by atoms with E-state index in [0.29, 0.717) is 22.9 Å². The number of unbranched alkanes of at least 4 members (excludes halogenated alkanes) is 3. The third-order valence-electron chi connectivity index (χ3n) is 4.08. The Kier molecular flexibility index (Phi) is 9.86. The lowest BCUT2D eigenvalue weighted by Crippen LogP contribution is -2.48. The van der Waals surface area contributed by atoms with Crippen molar-refractivity contribution in [2.24, 2.45) is 0 Å². The van der Waals surface area contributed by atoms with E-state index >= 15 is 0 Å². The van der Waals surface area contributed by atoms with Crippen LogP contribution in [0.5, 0.6) is 5.75 Å². The van der Waals surface area contributed by atoms with Crippen LogP contribution >= 0.6 is 35.4 Å². The molecule has 0 heterocycles. The minimum Gasteiger partial charge on any atom is -0.494 e.